The molecule has 1 aliphatic heterocycles. The number of piperazine rings is 1. The van der Waals surface area contributed by atoms with Crippen LogP contribution in [0.4, 0.5) is 0 Å². The average molecular weight is 285 g/mol. The predicted molar refractivity (Wildman–Crippen MR) is 71.2 cm³/mol. The molecule has 104 valence electrons. The lowest BCUT2D eigenvalue weighted by molar-refractivity contribution is 0.0609. The summed E-state index contributed by atoms with van der Waals surface area (Å²) < 4.78 is 0. The van der Waals surface area contributed by atoms with E-state index in [1.54, 1.807) is 11.8 Å². The molecule has 0 bridgehead atoms. The Labute approximate surface area is 117 Å². The van der Waals surface area contributed by atoms with Crippen LogP contribution in [0.5, 0.6) is 0 Å². The fraction of sp³-hybridized carbons (Fsp3) is 0.583. The fourth-order valence-electron chi connectivity index (χ4n) is 2.07. The Kier molecular flexibility index (Phi) is 4.68. The van der Waals surface area contributed by atoms with Gasteiger partial charge in [0.25, 0.3) is 5.91 Å². The first-order valence-electron chi connectivity index (χ1n) is 6.23. The van der Waals surface area contributed by atoms with Crippen molar-refractivity contribution >= 4 is 17.5 Å². The summed E-state index contributed by atoms with van der Waals surface area (Å²) in [7, 11) is 0. The summed E-state index contributed by atoms with van der Waals surface area (Å²) in [5.41, 5.74) is 0.268. The molecule has 0 unspecified atom stereocenters. The van der Waals surface area contributed by atoms with Crippen molar-refractivity contribution in [2.24, 2.45) is 0 Å². The summed E-state index contributed by atoms with van der Waals surface area (Å²) in [4.78, 5) is 24.2. The summed E-state index contributed by atoms with van der Waals surface area (Å²) in [6.07, 6.45) is 1.46. The van der Waals surface area contributed by atoms with Gasteiger partial charge in [-0.25, -0.2) is 9.97 Å². The van der Waals surface area contributed by atoms with Gasteiger partial charge in [0, 0.05) is 32.7 Å². The SMILES string of the molecule is Cc1ncc(Cl)c(C(=O)N2CCN(CCO)CC2)n1. The van der Waals surface area contributed by atoms with Crippen molar-refractivity contribution in [1.29, 1.82) is 0 Å². The third-order valence-electron chi connectivity index (χ3n) is 3.14. The standard InChI is InChI=1S/C12H17ClN4O2/c1-9-14-8-10(13)11(15-9)12(19)17-4-2-16(3-5-17)6-7-18/h8,18H,2-7H2,1H3. The molecule has 0 spiro atoms. The summed E-state index contributed by atoms with van der Waals surface area (Å²) in [6.45, 7) is 5.28. The van der Waals surface area contributed by atoms with Gasteiger partial charge >= 0.3 is 0 Å². The highest BCUT2D eigenvalue weighted by Crippen LogP contribution is 2.15. The van der Waals surface area contributed by atoms with E-state index < -0.39 is 0 Å². The molecule has 0 atom stereocenters. The van der Waals surface area contributed by atoms with Gasteiger partial charge in [0.1, 0.15) is 5.82 Å². The lowest BCUT2D eigenvalue weighted by Crippen LogP contribution is -2.49. The molecule has 7 heteroatoms. The van der Waals surface area contributed by atoms with Crippen LogP contribution in [0.1, 0.15) is 16.3 Å². The van der Waals surface area contributed by atoms with Gasteiger partial charge in [-0.2, -0.15) is 0 Å². The Morgan fingerprint density at radius 1 is 1.42 bits per heavy atom. The van der Waals surface area contributed by atoms with E-state index in [0.717, 1.165) is 13.1 Å². The Morgan fingerprint density at radius 2 is 2.11 bits per heavy atom. The van der Waals surface area contributed by atoms with Crippen LogP contribution in [0, 0.1) is 6.92 Å². The van der Waals surface area contributed by atoms with Gasteiger partial charge in [0.15, 0.2) is 5.69 Å². The molecule has 1 fully saturated rings. The quantitative estimate of drug-likeness (QED) is 0.858. The van der Waals surface area contributed by atoms with E-state index in [1.165, 1.54) is 6.20 Å². The van der Waals surface area contributed by atoms with E-state index in [1.807, 2.05) is 0 Å². The highest BCUT2D eigenvalue weighted by atomic mass is 35.5. The number of carbonyl (C=O) groups is 1. The van der Waals surface area contributed by atoms with Crippen molar-refractivity contribution in [3.8, 4) is 0 Å². The highest BCUT2D eigenvalue weighted by molar-refractivity contribution is 6.33. The minimum Gasteiger partial charge on any atom is -0.395 e. The number of aromatic nitrogens is 2. The Bertz CT molecular complexity index is 461. The Hall–Kier alpha value is -1.24. The minimum absolute atomic E-state index is 0.144. The van der Waals surface area contributed by atoms with Crippen LogP contribution in [0.25, 0.3) is 0 Å². The molecule has 2 rings (SSSR count). The van der Waals surface area contributed by atoms with E-state index in [0.29, 0.717) is 25.5 Å². The summed E-state index contributed by atoms with van der Waals surface area (Å²) in [5.74, 6) is 0.380. The van der Waals surface area contributed by atoms with Crippen LogP contribution in [0.3, 0.4) is 0 Å². The maximum Gasteiger partial charge on any atom is 0.274 e. The highest BCUT2D eigenvalue weighted by Gasteiger charge is 2.24. The number of nitrogens with zero attached hydrogens (tertiary/aromatic N) is 4. The zero-order chi connectivity index (χ0) is 13.8. The van der Waals surface area contributed by atoms with Crippen LogP contribution in [0.2, 0.25) is 5.02 Å². The number of aliphatic hydroxyl groups is 1. The molecule has 1 aromatic heterocycles. The van der Waals surface area contributed by atoms with Gasteiger partial charge in [-0.1, -0.05) is 11.6 Å². The van der Waals surface area contributed by atoms with Crippen LogP contribution in [-0.2, 0) is 0 Å². The molecule has 0 aromatic carbocycles. The van der Waals surface area contributed by atoms with E-state index in [2.05, 4.69) is 14.9 Å². The lowest BCUT2D eigenvalue weighted by atomic mass is 10.2. The van der Waals surface area contributed by atoms with Crippen molar-refractivity contribution in [3.63, 3.8) is 0 Å². The monoisotopic (exact) mass is 284 g/mol. The number of hydrogen-bond acceptors (Lipinski definition) is 5. The second-order valence-electron chi connectivity index (χ2n) is 4.47. The van der Waals surface area contributed by atoms with Crippen molar-refractivity contribution < 1.29 is 9.90 Å². The molecule has 0 radical (unpaired) electrons. The summed E-state index contributed by atoms with van der Waals surface area (Å²) >= 11 is 5.97. The van der Waals surface area contributed by atoms with Crippen LogP contribution >= 0.6 is 11.6 Å². The zero-order valence-electron chi connectivity index (χ0n) is 10.8. The molecule has 1 aliphatic rings. The molecule has 1 saturated heterocycles. The molecular weight excluding hydrogens is 268 g/mol. The van der Waals surface area contributed by atoms with Crippen molar-refractivity contribution in [1.82, 2.24) is 19.8 Å². The number of hydrogen-bond donors (Lipinski definition) is 1. The first-order valence-corrected chi connectivity index (χ1v) is 6.61. The average Bonchev–Trinajstić information content (AvgIpc) is 2.42. The molecule has 6 nitrogen and oxygen atoms in total. The molecular formula is C12H17ClN4O2. The number of carbonyl (C=O) groups excluding carboxylic acids is 1. The van der Waals surface area contributed by atoms with Gasteiger partial charge < -0.3 is 10.0 Å². The molecule has 19 heavy (non-hydrogen) atoms. The number of halogens is 1. The molecule has 1 aromatic rings. The van der Waals surface area contributed by atoms with Gasteiger partial charge in [-0.15, -0.1) is 0 Å². The van der Waals surface area contributed by atoms with E-state index in [4.69, 9.17) is 16.7 Å². The largest absolute Gasteiger partial charge is 0.395 e. The Morgan fingerprint density at radius 3 is 2.74 bits per heavy atom. The van der Waals surface area contributed by atoms with Gasteiger partial charge in [0.2, 0.25) is 0 Å². The zero-order valence-corrected chi connectivity index (χ0v) is 11.6. The Balaban J connectivity index is 2.03. The van der Waals surface area contributed by atoms with Crippen LogP contribution in [-0.4, -0.2) is 70.1 Å². The molecule has 0 saturated carbocycles. The van der Waals surface area contributed by atoms with Gasteiger partial charge in [0.05, 0.1) is 17.8 Å². The number of rotatable bonds is 3. The predicted octanol–water partition coefficient (Wildman–Crippen LogP) is 0.189. The third kappa shape index (κ3) is 3.40. The van der Waals surface area contributed by atoms with E-state index >= 15 is 0 Å². The molecule has 1 amide bonds. The van der Waals surface area contributed by atoms with Gasteiger partial charge in [-0.05, 0) is 6.92 Å². The lowest BCUT2D eigenvalue weighted by Gasteiger charge is -2.34. The summed E-state index contributed by atoms with van der Waals surface area (Å²) in [5, 5.41) is 9.17. The van der Waals surface area contributed by atoms with Crippen molar-refractivity contribution in [3.05, 3.63) is 22.7 Å². The normalized spacial score (nSPS) is 16.7. The van der Waals surface area contributed by atoms with Crippen molar-refractivity contribution in [2.75, 3.05) is 39.3 Å². The van der Waals surface area contributed by atoms with Crippen LogP contribution < -0.4 is 0 Å². The maximum absolute atomic E-state index is 12.3. The number of β-amino-alcohol motifs (C(OH)–C–C–N with tert-alkyl or cyclic N) is 1. The maximum atomic E-state index is 12.3. The molecule has 2 heterocycles. The smallest absolute Gasteiger partial charge is 0.274 e. The van der Waals surface area contributed by atoms with Crippen molar-refractivity contribution in [2.45, 2.75) is 6.92 Å². The second-order valence-corrected chi connectivity index (χ2v) is 4.88. The second kappa shape index (κ2) is 6.27. The first kappa shape index (κ1) is 14.2. The summed E-state index contributed by atoms with van der Waals surface area (Å²) in [6, 6.07) is 0. The van der Waals surface area contributed by atoms with Gasteiger partial charge in [-0.3, -0.25) is 9.69 Å². The number of amides is 1. The fourth-order valence-corrected chi connectivity index (χ4v) is 2.24. The molecule has 0 aliphatic carbocycles. The molecule has 1 N–H and O–H groups in total. The topological polar surface area (TPSA) is 69.6 Å². The van der Waals surface area contributed by atoms with E-state index in [9.17, 15) is 4.79 Å². The van der Waals surface area contributed by atoms with E-state index in [-0.39, 0.29) is 23.2 Å². The van der Waals surface area contributed by atoms with Crippen LogP contribution in [0.15, 0.2) is 6.20 Å². The first-order chi connectivity index (χ1) is 9.11. The number of aliphatic hydroxyl groups excluding tert-OH is 1. The third-order valence-corrected chi connectivity index (χ3v) is 3.42. The number of aryl methyl sites for hydroxylation is 1. The minimum atomic E-state index is -0.154.